The third kappa shape index (κ3) is 3.84. The van der Waals surface area contributed by atoms with Crippen LogP contribution in [0.25, 0.3) is 0 Å². The summed E-state index contributed by atoms with van der Waals surface area (Å²) in [4.78, 5) is 25.1. The standard InChI is InChI=1S/C22H19ClF3NO4/c1-30-19(28)14-4-7-18-17(10-14)27(20(29)22(24,25)26)11-21(12-31-18)8-2-3-13-9-15(23)5-6-16(13)21/h4-7,9-10H,2-3,8,11-12H2,1H3/t21-/m0/s1. The number of esters is 1. The topological polar surface area (TPSA) is 55.8 Å². The largest absolute Gasteiger partial charge is 0.490 e. The monoisotopic (exact) mass is 453 g/mol. The first-order chi connectivity index (χ1) is 14.6. The van der Waals surface area contributed by atoms with Gasteiger partial charge in [0, 0.05) is 17.0 Å². The Kier molecular flexibility index (Phi) is 5.37. The second-order valence-electron chi connectivity index (χ2n) is 7.79. The smallest absolute Gasteiger partial charge is 0.471 e. The van der Waals surface area contributed by atoms with Crippen molar-refractivity contribution in [2.45, 2.75) is 30.9 Å². The number of alkyl halides is 3. The molecule has 1 heterocycles. The SMILES string of the molecule is COC(=O)c1ccc2c(c1)N(C(=O)C(F)(F)F)C[C@@]1(CCCc3cc(Cl)ccc31)CO2. The van der Waals surface area contributed by atoms with Crippen LogP contribution in [0, 0.1) is 0 Å². The number of aryl methyl sites for hydroxylation is 1. The van der Waals surface area contributed by atoms with Gasteiger partial charge in [0.15, 0.2) is 0 Å². The fourth-order valence-corrected chi connectivity index (χ4v) is 4.63. The summed E-state index contributed by atoms with van der Waals surface area (Å²) in [6.45, 7) is -0.147. The number of methoxy groups -OCH3 is 1. The number of halogens is 4. The lowest BCUT2D eigenvalue weighted by Gasteiger charge is -2.40. The molecule has 0 saturated carbocycles. The molecule has 31 heavy (non-hydrogen) atoms. The molecule has 9 heteroatoms. The maximum atomic E-state index is 13.5. The van der Waals surface area contributed by atoms with Gasteiger partial charge >= 0.3 is 18.1 Å². The van der Waals surface area contributed by atoms with Crippen molar-refractivity contribution in [1.82, 2.24) is 0 Å². The maximum Gasteiger partial charge on any atom is 0.471 e. The van der Waals surface area contributed by atoms with Crippen molar-refractivity contribution in [3.63, 3.8) is 0 Å². The van der Waals surface area contributed by atoms with Crippen molar-refractivity contribution < 1.29 is 32.2 Å². The molecule has 164 valence electrons. The summed E-state index contributed by atoms with van der Waals surface area (Å²) < 4.78 is 51.3. The lowest BCUT2D eigenvalue weighted by Crippen LogP contribution is -2.50. The van der Waals surface area contributed by atoms with Gasteiger partial charge in [-0.2, -0.15) is 13.2 Å². The number of rotatable bonds is 1. The van der Waals surface area contributed by atoms with Crippen molar-refractivity contribution in [2.75, 3.05) is 25.2 Å². The van der Waals surface area contributed by atoms with Crippen molar-refractivity contribution in [3.05, 3.63) is 58.1 Å². The van der Waals surface area contributed by atoms with E-state index in [1.807, 2.05) is 0 Å². The molecule has 0 N–H and O–H groups in total. The number of ether oxygens (including phenoxy) is 2. The van der Waals surface area contributed by atoms with E-state index in [1.165, 1.54) is 25.3 Å². The van der Waals surface area contributed by atoms with Crippen molar-refractivity contribution in [1.29, 1.82) is 0 Å². The van der Waals surface area contributed by atoms with Crippen LogP contribution in [-0.2, 0) is 21.4 Å². The number of amides is 1. The summed E-state index contributed by atoms with van der Waals surface area (Å²) in [5.41, 5.74) is 0.829. The second-order valence-corrected chi connectivity index (χ2v) is 8.22. The van der Waals surface area contributed by atoms with Gasteiger partial charge in [-0.05, 0) is 60.7 Å². The first-order valence-electron chi connectivity index (χ1n) is 9.67. The zero-order valence-corrected chi connectivity index (χ0v) is 17.3. The van der Waals surface area contributed by atoms with Gasteiger partial charge in [-0.25, -0.2) is 4.79 Å². The number of benzene rings is 2. The molecule has 2 aromatic carbocycles. The van der Waals surface area contributed by atoms with E-state index in [0.717, 1.165) is 17.5 Å². The molecule has 0 fully saturated rings. The van der Waals surface area contributed by atoms with Crippen molar-refractivity contribution >= 4 is 29.2 Å². The minimum absolute atomic E-state index is 0.0246. The third-order valence-electron chi connectivity index (χ3n) is 5.86. The predicted octanol–water partition coefficient (Wildman–Crippen LogP) is 4.69. The van der Waals surface area contributed by atoms with Crippen LogP contribution in [0.2, 0.25) is 5.02 Å². The number of hydrogen-bond acceptors (Lipinski definition) is 4. The predicted molar refractivity (Wildman–Crippen MR) is 108 cm³/mol. The molecule has 1 aliphatic heterocycles. The molecule has 1 spiro atoms. The molecule has 0 aromatic heterocycles. The van der Waals surface area contributed by atoms with Gasteiger partial charge < -0.3 is 14.4 Å². The van der Waals surface area contributed by atoms with Crippen LogP contribution in [0.15, 0.2) is 36.4 Å². The number of nitrogens with zero attached hydrogens (tertiary/aromatic N) is 1. The molecule has 0 unspecified atom stereocenters. The molecular weight excluding hydrogens is 435 g/mol. The molecule has 2 aliphatic rings. The third-order valence-corrected chi connectivity index (χ3v) is 6.10. The normalized spacial score (nSPS) is 20.4. The van der Waals surface area contributed by atoms with Crippen LogP contribution in [0.5, 0.6) is 5.75 Å². The van der Waals surface area contributed by atoms with Crippen molar-refractivity contribution in [3.8, 4) is 5.75 Å². The molecular formula is C22H19ClF3NO4. The Bertz CT molecular complexity index is 1060. The Balaban J connectivity index is 1.86. The van der Waals surface area contributed by atoms with Gasteiger partial charge in [0.1, 0.15) is 5.75 Å². The maximum absolute atomic E-state index is 13.5. The van der Waals surface area contributed by atoms with Crippen LogP contribution in [0.3, 0.4) is 0 Å². The van der Waals surface area contributed by atoms with Crippen LogP contribution in [-0.4, -0.2) is 38.3 Å². The minimum Gasteiger partial charge on any atom is -0.490 e. The van der Waals surface area contributed by atoms with Gasteiger partial charge in [0.25, 0.3) is 0 Å². The molecule has 1 aliphatic carbocycles. The highest BCUT2D eigenvalue weighted by Crippen LogP contribution is 2.45. The molecule has 5 nitrogen and oxygen atoms in total. The average Bonchev–Trinajstić information content (AvgIpc) is 2.89. The lowest BCUT2D eigenvalue weighted by molar-refractivity contribution is -0.170. The Labute approximate surface area is 181 Å². The Hall–Kier alpha value is -2.74. The Morgan fingerprint density at radius 3 is 2.68 bits per heavy atom. The van der Waals surface area contributed by atoms with Crippen LogP contribution >= 0.6 is 11.6 Å². The number of anilines is 1. The first-order valence-corrected chi connectivity index (χ1v) is 10.1. The van der Waals surface area contributed by atoms with Crippen LogP contribution < -0.4 is 9.64 Å². The van der Waals surface area contributed by atoms with E-state index in [4.69, 9.17) is 16.3 Å². The van der Waals surface area contributed by atoms with E-state index in [0.29, 0.717) is 22.8 Å². The van der Waals surface area contributed by atoms with E-state index in [-0.39, 0.29) is 30.2 Å². The minimum atomic E-state index is -5.10. The van der Waals surface area contributed by atoms with E-state index >= 15 is 0 Å². The van der Waals surface area contributed by atoms with Gasteiger partial charge in [0.2, 0.25) is 0 Å². The Morgan fingerprint density at radius 2 is 1.97 bits per heavy atom. The summed E-state index contributed by atoms with van der Waals surface area (Å²) in [5, 5.41) is 0.541. The molecule has 0 radical (unpaired) electrons. The van der Waals surface area contributed by atoms with E-state index in [2.05, 4.69) is 4.74 Å². The number of hydrogen-bond donors (Lipinski definition) is 0. The highest BCUT2D eigenvalue weighted by atomic mass is 35.5. The highest BCUT2D eigenvalue weighted by molar-refractivity contribution is 6.30. The fraction of sp³-hybridized carbons (Fsp3) is 0.364. The summed E-state index contributed by atoms with van der Waals surface area (Å²) in [5.74, 6) is -2.64. The molecule has 1 atom stereocenters. The van der Waals surface area contributed by atoms with E-state index in [9.17, 15) is 22.8 Å². The lowest BCUT2D eigenvalue weighted by atomic mass is 9.70. The fourth-order valence-electron chi connectivity index (χ4n) is 4.43. The number of fused-ring (bicyclic) bond motifs is 3. The quantitative estimate of drug-likeness (QED) is 0.588. The molecule has 1 amide bonds. The van der Waals surface area contributed by atoms with E-state index in [1.54, 1.807) is 18.2 Å². The van der Waals surface area contributed by atoms with Gasteiger partial charge in [-0.15, -0.1) is 0 Å². The molecule has 0 saturated heterocycles. The van der Waals surface area contributed by atoms with E-state index < -0.39 is 23.5 Å². The van der Waals surface area contributed by atoms with Gasteiger partial charge in [-0.1, -0.05) is 17.7 Å². The molecule has 0 bridgehead atoms. The van der Waals surface area contributed by atoms with Crippen LogP contribution in [0.1, 0.15) is 34.3 Å². The summed E-state index contributed by atoms with van der Waals surface area (Å²) >= 11 is 6.12. The Morgan fingerprint density at radius 1 is 1.19 bits per heavy atom. The molecule has 4 rings (SSSR count). The summed E-state index contributed by atoms with van der Waals surface area (Å²) in [6.07, 6.45) is -3.10. The molecule has 2 aromatic rings. The second kappa shape index (κ2) is 7.75. The average molecular weight is 454 g/mol. The van der Waals surface area contributed by atoms with Gasteiger partial charge in [-0.3, -0.25) is 4.79 Å². The zero-order chi connectivity index (χ0) is 22.4. The summed E-state index contributed by atoms with van der Waals surface area (Å²) in [6, 6.07) is 9.29. The number of carbonyl (C=O) groups excluding carboxylic acids is 2. The first kappa shape index (κ1) is 21.5. The summed E-state index contributed by atoms with van der Waals surface area (Å²) in [7, 11) is 1.17. The highest BCUT2D eigenvalue weighted by Gasteiger charge is 2.49. The van der Waals surface area contributed by atoms with Crippen molar-refractivity contribution in [2.24, 2.45) is 0 Å². The number of carbonyl (C=O) groups is 2. The van der Waals surface area contributed by atoms with Crippen LogP contribution in [0.4, 0.5) is 18.9 Å². The van der Waals surface area contributed by atoms with Gasteiger partial charge in [0.05, 0.1) is 25.0 Å². The zero-order valence-electron chi connectivity index (χ0n) is 16.6.